The topological polar surface area (TPSA) is 53.6 Å². The Morgan fingerprint density at radius 1 is 1.33 bits per heavy atom. The van der Waals surface area contributed by atoms with Crippen molar-refractivity contribution >= 4 is 11.3 Å². The molecule has 2 N–H and O–H groups in total. The summed E-state index contributed by atoms with van der Waals surface area (Å²) in [5, 5.41) is 4.46. The van der Waals surface area contributed by atoms with Gasteiger partial charge >= 0.3 is 0 Å². The number of rotatable bonds is 4. The summed E-state index contributed by atoms with van der Waals surface area (Å²) in [6.45, 7) is 5.71. The molecule has 15 heavy (non-hydrogen) atoms. The van der Waals surface area contributed by atoms with Gasteiger partial charge in [0.15, 0.2) is 0 Å². The zero-order valence-corrected chi connectivity index (χ0v) is 9.69. The van der Waals surface area contributed by atoms with E-state index < -0.39 is 0 Å². The molecule has 0 saturated carbocycles. The zero-order valence-electron chi connectivity index (χ0n) is 8.87. The van der Waals surface area contributed by atoms with Gasteiger partial charge in [-0.25, -0.2) is 9.97 Å². The Hall–Kier alpha value is -1.20. The first-order valence-electron chi connectivity index (χ1n) is 4.86. The van der Waals surface area contributed by atoms with Crippen molar-refractivity contribution in [2.75, 3.05) is 0 Å². The highest BCUT2D eigenvalue weighted by atomic mass is 32.1. The van der Waals surface area contributed by atoms with Crippen LogP contribution in [-0.2, 0) is 13.1 Å². The van der Waals surface area contributed by atoms with Crippen LogP contribution in [0, 0.1) is 13.8 Å². The second-order valence-electron chi connectivity index (χ2n) is 3.42. The van der Waals surface area contributed by atoms with Crippen LogP contribution in [0.3, 0.4) is 0 Å². The van der Waals surface area contributed by atoms with E-state index in [1.807, 2.05) is 20.0 Å². The molecule has 0 bridgehead atoms. The molecular weight excluding hydrogens is 208 g/mol. The van der Waals surface area contributed by atoms with E-state index in [1.54, 1.807) is 17.7 Å². The molecule has 2 heterocycles. The van der Waals surface area contributed by atoms with E-state index in [0.717, 1.165) is 29.5 Å². The standard InChI is InChI=1S/C10H14N4S/c1-7-10(14-6-13-7)5-11-3-9-4-12-8(2)15-9/h4,6,11H,3,5H2,1-2H3,(H,13,14). The third-order valence-electron chi connectivity index (χ3n) is 2.20. The van der Waals surface area contributed by atoms with Crippen LogP contribution < -0.4 is 5.32 Å². The lowest BCUT2D eigenvalue weighted by Crippen LogP contribution is -2.12. The van der Waals surface area contributed by atoms with E-state index in [-0.39, 0.29) is 0 Å². The molecule has 0 spiro atoms. The number of aromatic amines is 1. The molecule has 0 unspecified atom stereocenters. The minimum absolute atomic E-state index is 0.798. The van der Waals surface area contributed by atoms with Crippen LogP contribution >= 0.6 is 11.3 Å². The summed E-state index contributed by atoms with van der Waals surface area (Å²) in [5.74, 6) is 0. The minimum atomic E-state index is 0.798. The molecular formula is C10H14N4S. The molecule has 0 radical (unpaired) electrons. The predicted molar refractivity (Wildman–Crippen MR) is 60.7 cm³/mol. The van der Waals surface area contributed by atoms with E-state index >= 15 is 0 Å². The fraction of sp³-hybridized carbons (Fsp3) is 0.400. The monoisotopic (exact) mass is 222 g/mol. The zero-order chi connectivity index (χ0) is 10.7. The highest BCUT2D eigenvalue weighted by Gasteiger charge is 2.01. The number of hydrogen-bond donors (Lipinski definition) is 2. The molecule has 0 aliphatic carbocycles. The maximum absolute atomic E-state index is 4.22. The van der Waals surface area contributed by atoms with Gasteiger partial charge in [0.1, 0.15) is 0 Å². The summed E-state index contributed by atoms with van der Waals surface area (Å²) in [5.41, 5.74) is 2.21. The molecule has 0 atom stereocenters. The normalized spacial score (nSPS) is 10.8. The van der Waals surface area contributed by atoms with E-state index in [1.165, 1.54) is 4.88 Å². The molecule has 0 aromatic carbocycles. The Balaban J connectivity index is 1.83. The van der Waals surface area contributed by atoms with Gasteiger partial charge in [0, 0.05) is 29.9 Å². The smallest absolute Gasteiger partial charge is 0.0925 e. The fourth-order valence-electron chi connectivity index (χ4n) is 1.36. The highest BCUT2D eigenvalue weighted by molar-refractivity contribution is 7.11. The maximum Gasteiger partial charge on any atom is 0.0925 e. The summed E-state index contributed by atoms with van der Waals surface area (Å²) in [7, 11) is 0. The second-order valence-corrected chi connectivity index (χ2v) is 4.74. The van der Waals surface area contributed by atoms with Crippen LogP contribution in [0.5, 0.6) is 0 Å². The number of aryl methyl sites for hydroxylation is 2. The largest absolute Gasteiger partial charge is 0.348 e. The van der Waals surface area contributed by atoms with Gasteiger partial charge in [-0.3, -0.25) is 0 Å². The molecule has 0 fully saturated rings. The van der Waals surface area contributed by atoms with Crippen molar-refractivity contribution in [3.05, 3.63) is 33.8 Å². The number of hydrogen-bond acceptors (Lipinski definition) is 4. The lowest BCUT2D eigenvalue weighted by Gasteiger charge is -2.00. The first-order chi connectivity index (χ1) is 7.25. The molecule has 2 aromatic rings. The number of thiazole rings is 1. The molecule has 0 aliphatic heterocycles. The highest BCUT2D eigenvalue weighted by Crippen LogP contribution is 2.11. The first-order valence-corrected chi connectivity index (χ1v) is 5.68. The quantitative estimate of drug-likeness (QED) is 0.829. The van der Waals surface area contributed by atoms with Gasteiger partial charge in [-0.05, 0) is 13.8 Å². The van der Waals surface area contributed by atoms with Crippen molar-refractivity contribution in [2.24, 2.45) is 0 Å². The number of imidazole rings is 1. The van der Waals surface area contributed by atoms with Crippen LogP contribution in [0.4, 0.5) is 0 Å². The van der Waals surface area contributed by atoms with Crippen LogP contribution in [0.2, 0.25) is 0 Å². The Morgan fingerprint density at radius 3 is 2.80 bits per heavy atom. The number of H-pyrrole nitrogens is 1. The van der Waals surface area contributed by atoms with Gasteiger partial charge in [0.05, 0.1) is 17.0 Å². The molecule has 5 heteroatoms. The molecule has 2 aromatic heterocycles. The Morgan fingerprint density at radius 2 is 2.20 bits per heavy atom. The fourth-order valence-corrected chi connectivity index (χ4v) is 2.12. The Bertz CT molecular complexity index is 432. The molecule has 80 valence electrons. The van der Waals surface area contributed by atoms with Crippen LogP contribution in [-0.4, -0.2) is 15.0 Å². The van der Waals surface area contributed by atoms with Crippen LogP contribution in [0.25, 0.3) is 0 Å². The average Bonchev–Trinajstić information content (AvgIpc) is 2.77. The van der Waals surface area contributed by atoms with Crippen molar-refractivity contribution in [1.29, 1.82) is 0 Å². The van der Waals surface area contributed by atoms with Crippen LogP contribution in [0.1, 0.15) is 21.3 Å². The van der Waals surface area contributed by atoms with Gasteiger partial charge in [0.2, 0.25) is 0 Å². The van der Waals surface area contributed by atoms with Crippen molar-refractivity contribution < 1.29 is 0 Å². The van der Waals surface area contributed by atoms with E-state index in [9.17, 15) is 0 Å². The average molecular weight is 222 g/mol. The van der Waals surface area contributed by atoms with Gasteiger partial charge in [-0.15, -0.1) is 11.3 Å². The van der Waals surface area contributed by atoms with Crippen molar-refractivity contribution in [3.63, 3.8) is 0 Å². The van der Waals surface area contributed by atoms with Gasteiger partial charge in [0.25, 0.3) is 0 Å². The molecule has 4 nitrogen and oxygen atoms in total. The summed E-state index contributed by atoms with van der Waals surface area (Å²) in [6.07, 6.45) is 3.65. The van der Waals surface area contributed by atoms with E-state index in [0.29, 0.717) is 0 Å². The molecule has 0 saturated heterocycles. The van der Waals surface area contributed by atoms with E-state index in [4.69, 9.17) is 0 Å². The lowest BCUT2D eigenvalue weighted by molar-refractivity contribution is 0.685. The lowest BCUT2D eigenvalue weighted by atomic mass is 10.3. The predicted octanol–water partition coefficient (Wildman–Crippen LogP) is 1.77. The minimum Gasteiger partial charge on any atom is -0.348 e. The Labute approximate surface area is 92.8 Å². The summed E-state index contributed by atoms with van der Waals surface area (Å²) in [4.78, 5) is 12.8. The molecule has 2 rings (SSSR count). The van der Waals surface area contributed by atoms with Crippen molar-refractivity contribution in [1.82, 2.24) is 20.3 Å². The van der Waals surface area contributed by atoms with Crippen molar-refractivity contribution in [2.45, 2.75) is 26.9 Å². The number of nitrogens with zero attached hydrogens (tertiary/aromatic N) is 2. The maximum atomic E-state index is 4.22. The van der Waals surface area contributed by atoms with Gasteiger partial charge < -0.3 is 10.3 Å². The third kappa shape index (κ3) is 2.64. The number of nitrogens with one attached hydrogen (secondary N) is 2. The van der Waals surface area contributed by atoms with Gasteiger partial charge in [-0.2, -0.15) is 0 Å². The summed E-state index contributed by atoms with van der Waals surface area (Å²) >= 11 is 1.73. The molecule has 0 amide bonds. The number of aromatic nitrogens is 3. The Kier molecular flexibility index (Phi) is 3.13. The first kappa shape index (κ1) is 10.3. The van der Waals surface area contributed by atoms with Gasteiger partial charge in [-0.1, -0.05) is 0 Å². The van der Waals surface area contributed by atoms with Crippen molar-refractivity contribution in [3.8, 4) is 0 Å². The van der Waals surface area contributed by atoms with Crippen LogP contribution in [0.15, 0.2) is 12.5 Å². The summed E-state index contributed by atoms with van der Waals surface area (Å²) in [6, 6.07) is 0. The van der Waals surface area contributed by atoms with E-state index in [2.05, 4.69) is 20.3 Å². The second kappa shape index (κ2) is 4.55. The SMILES string of the molecule is Cc1ncc(CNCc2nc[nH]c2C)s1. The molecule has 0 aliphatic rings. The summed E-state index contributed by atoms with van der Waals surface area (Å²) < 4.78 is 0. The third-order valence-corrected chi connectivity index (χ3v) is 3.11.